The van der Waals surface area contributed by atoms with Gasteiger partial charge < -0.3 is 10.3 Å². The summed E-state index contributed by atoms with van der Waals surface area (Å²) in [6, 6.07) is 5.51. The third-order valence-corrected chi connectivity index (χ3v) is 3.19. The van der Waals surface area contributed by atoms with Crippen molar-refractivity contribution in [3.05, 3.63) is 40.9 Å². The number of aromatic nitrogens is 2. The molecule has 0 amide bonds. The van der Waals surface area contributed by atoms with Gasteiger partial charge in [0.05, 0.1) is 6.42 Å². The van der Waals surface area contributed by atoms with Crippen molar-refractivity contribution in [1.29, 1.82) is 0 Å². The first-order chi connectivity index (χ1) is 9.27. The summed E-state index contributed by atoms with van der Waals surface area (Å²) >= 11 is 0. The predicted molar refractivity (Wildman–Crippen MR) is 75.2 cm³/mol. The molecule has 0 saturated heterocycles. The maximum Gasteiger partial charge on any atom is 0.303 e. The van der Waals surface area contributed by atoms with Crippen LogP contribution < -0.4 is 4.73 Å². The predicted octanol–water partition coefficient (Wildman–Crippen LogP) is 2.22. The van der Waals surface area contributed by atoms with E-state index in [1.807, 2.05) is 32.9 Å². The van der Waals surface area contributed by atoms with Crippen molar-refractivity contribution in [1.82, 2.24) is 4.98 Å². The molecule has 0 spiro atoms. The molecule has 1 heterocycles. The van der Waals surface area contributed by atoms with Gasteiger partial charge in [-0.25, -0.2) is 4.98 Å². The van der Waals surface area contributed by atoms with E-state index in [2.05, 4.69) is 4.98 Å². The van der Waals surface area contributed by atoms with Gasteiger partial charge in [0.1, 0.15) is 11.2 Å². The summed E-state index contributed by atoms with van der Waals surface area (Å²) in [6.07, 6.45) is 1.93. The molecule has 0 aliphatic rings. The van der Waals surface area contributed by atoms with Crippen LogP contribution in [0.25, 0.3) is 11.0 Å². The quantitative estimate of drug-likeness (QED) is 0.685. The lowest BCUT2D eigenvalue weighted by Crippen LogP contribution is -2.30. The maximum absolute atomic E-state index is 12.0. The van der Waals surface area contributed by atoms with Gasteiger partial charge in [0.15, 0.2) is 0 Å². The van der Waals surface area contributed by atoms with Crippen molar-refractivity contribution >= 4 is 17.0 Å². The number of rotatable bonds is 4. The topological polar surface area (TPSA) is 77.1 Å². The Bertz CT molecular complexity index is 665. The molecule has 0 radical (unpaired) electrons. The fourth-order valence-electron chi connectivity index (χ4n) is 2.34. The number of hydrogen-bond acceptors (Lipinski definition) is 3. The molecule has 1 aromatic heterocycles. The first-order valence-corrected chi connectivity index (χ1v) is 6.48. The average molecular weight is 274 g/mol. The van der Waals surface area contributed by atoms with Gasteiger partial charge in [0.25, 0.3) is 0 Å². The number of carboxylic acid groups (broad SMARTS) is 1. The van der Waals surface area contributed by atoms with E-state index in [1.54, 1.807) is 6.07 Å². The highest BCUT2D eigenvalue weighted by Gasteiger charge is 2.24. The van der Waals surface area contributed by atoms with Crippen LogP contribution in [0.4, 0.5) is 0 Å². The fourth-order valence-corrected chi connectivity index (χ4v) is 2.34. The first-order valence-electron chi connectivity index (χ1n) is 6.48. The Balaban J connectivity index is 2.37. The van der Waals surface area contributed by atoms with Gasteiger partial charge in [-0.2, -0.15) is 4.73 Å². The standard InChI is InChI=1S/C15H18N2O3/c1-10-4-5-12-13(6-10)17(20)9-11(16-12)7-15(2,3)8-14(18)19/h4-6,9H,7-8H2,1-3H3,(H,18,19). The molecule has 106 valence electrons. The lowest BCUT2D eigenvalue weighted by molar-refractivity contribution is -0.578. The summed E-state index contributed by atoms with van der Waals surface area (Å²) < 4.78 is 0.807. The Hall–Kier alpha value is -2.17. The minimum absolute atomic E-state index is 0.0411. The van der Waals surface area contributed by atoms with E-state index in [9.17, 15) is 10.0 Å². The van der Waals surface area contributed by atoms with Crippen molar-refractivity contribution in [3.63, 3.8) is 0 Å². The van der Waals surface area contributed by atoms with Gasteiger partial charge in [0.2, 0.25) is 11.7 Å². The van der Waals surface area contributed by atoms with Gasteiger partial charge in [-0.15, -0.1) is 0 Å². The molecular formula is C15H18N2O3. The minimum atomic E-state index is -0.846. The van der Waals surface area contributed by atoms with Crippen LogP contribution in [-0.2, 0) is 11.2 Å². The molecule has 5 heteroatoms. The number of aryl methyl sites for hydroxylation is 1. The molecule has 0 saturated carbocycles. The van der Waals surface area contributed by atoms with Gasteiger partial charge in [-0.3, -0.25) is 4.79 Å². The van der Waals surface area contributed by atoms with Crippen molar-refractivity contribution in [2.45, 2.75) is 33.6 Å². The molecular weight excluding hydrogens is 256 g/mol. The van der Waals surface area contributed by atoms with Crippen LogP contribution >= 0.6 is 0 Å². The van der Waals surface area contributed by atoms with Crippen molar-refractivity contribution in [3.8, 4) is 0 Å². The van der Waals surface area contributed by atoms with Crippen molar-refractivity contribution < 1.29 is 14.6 Å². The first kappa shape index (κ1) is 14.2. The van der Waals surface area contributed by atoms with Crippen LogP contribution in [0.15, 0.2) is 24.4 Å². The summed E-state index contributed by atoms with van der Waals surface area (Å²) in [5.74, 6) is -0.846. The molecule has 20 heavy (non-hydrogen) atoms. The van der Waals surface area contributed by atoms with E-state index >= 15 is 0 Å². The number of fused-ring (bicyclic) bond motifs is 1. The number of carbonyl (C=O) groups is 1. The molecule has 2 aromatic rings. The Morgan fingerprint density at radius 1 is 1.45 bits per heavy atom. The minimum Gasteiger partial charge on any atom is -0.618 e. The Kier molecular flexibility index (Phi) is 3.61. The summed E-state index contributed by atoms with van der Waals surface area (Å²) in [7, 11) is 0. The largest absolute Gasteiger partial charge is 0.618 e. The molecule has 2 rings (SSSR count). The average Bonchev–Trinajstić information content (AvgIpc) is 2.27. The molecule has 5 nitrogen and oxygen atoms in total. The third kappa shape index (κ3) is 3.23. The highest BCUT2D eigenvalue weighted by atomic mass is 16.5. The fraction of sp³-hybridized carbons (Fsp3) is 0.400. The van der Waals surface area contributed by atoms with E-state index in [1.165, 1.54) is 6.20 Å². The second-order valence-electron chi connectivity index (χ2n) is 5.96. The summed E-state index contributed by atoms with van der Waals surface area (Å²) in [5.41, 5.74) is 2.34. The summed E-state index contributed by atoms with van der Waals surface area (Å²) in [4.78, 5) is 15.3. The highest BCUT2D eigenvalue weighted by molar-refractivity contribution is 5.71. The normalized spacial score (nSPS) is 11.8. The molecule has 0 aliphatic carbocycles. The third-order valence-electron chi connectivity index (χ3n) is 3.19. The SMILES string of the molecule is Cc1ccc2nc(CC(C)(C)CC(=O)O)c[n+]([O-])c2c1. The summed E-state index contributed by atoms with van der Waals surface area (Å²) in [5, 5.41) is 20.9. The smallest absolute Gasteiger partial charge is 0.303 e. The maximum atomic E-state index is 12.0. The molecule has 0 fully saturated rings. The lowest BCUT2D eigenvalue weighted by atomic mass is 9.84. The number of aliphatic carboxylic acids is 1. The molecule has 0 aliphatic heterocycles. The van der Waals surface area contributed by atoms with Crippen LogP contribution in [0.2, 0.25) is 0 Å². The summed E-state index contributed by atoms with van der Waals surface area (Å²) in [6.45, 7) is 5.64. The van der Waals surface area contributed by atoms with Gasteiger partial charge in [-0.1, -0.05) is 19.9 Å². The molecule has 0 unspecified atom stereocenters. The number of hydrogen-bond donors (Lipinski definition) is 1. The lowest BCUT2D eigenvalue weighted by Gasteiger charge is -2.21. The van der Waals surface area contributed by atoms with E-state index in [0.29, 0.717) is 23.1 Å². The van der Waals surface area contributed by atoms with E-state index in [4.69, 9.17) is 5.11 Å². The highest BCUT2D eigenvalue weighted by Crippen LogP contribution is 2.25. The van der Waals surface area contributed by atoms with Crippen LogP contribution in [0.3, 0.4) is 0 Å². The zero-order chi connectivity index (χ0) is 14.9. The van der Waals surface area contributed by atoms with Gasteiger partial charge in [-0.05, 0) is 24.0 Å². The van der Waals surface area contributed by atoms with Crippen LogP contribution in [0.1, 0.15) is 31.5 Å². The molecule has 0 bridgehead atoms. The Morgan fingerprint density at radius 3 is 2.80 bits per heavy atom. The second-order valence-corrected chi connectivity index (χ2v) is 5.96. The monoisotopic (exact) mass is 274 g/mol. The van der Waals surface area contributed by atoms with Crippen LogP contribution in [0.5, 0.6) is 0 Å². The number of benzene rings is 1. The second kappa shape index (κ2) is 5.07. The van der Waals surface area contributed by atoms with E-state index in [0.717, 1.165) is 10.3 Å². The van der Waals surface area contributed by atoms with Crippen molar-refractivity contribution in [2.24, 2.45) is 5.41 Å². The van der Waals surface area contributed by atoms with Gasteiger partial charge in [0, 0.05) is 12.5 Å². The van der Waals surface area contributed by atoms with E-state index in [-0.39, 0.29) is 6.42 Å². The van der Waals surface area contributed by atoms with Crippen LogP contribution in [0, 0.1) is 17.5 Å². The van der Waals surface area contributed by atoms with Crippen LogP contribution in [-0.4, -0.2) is 16.1 Å². The zero-order valence-electron chi connectivity index (χ0n) is 11.9. The Labute approximate surface area is 117 Å². The molecule has 0 atom stereocenters. The number of carboxylic acids is 1. The molecule has 1 N–H and O–H groups in total. The van der Waals surface area contributed by atoms with E-state index < -0.39 is 11.4 Å². The zero-order valence-corrected chi connectivity index (χ0v) is 11.9. The molecule has 1 aromatic carbocycles. The Morgan fingerprint density at radius 2 is 2.15 bits per heavy atom. The number of nitrogens with zero attached hydrogens (tertiary/aromatic N) is 2. The van der Waals surface area contributed by atoms with Gasteiger partial charge >= 0.3 is 5.97 Å². The van der Waals surface area contributed by atoms with Crippen molar-refractivity contribution in [2.75, 3.05) is 0 Å².